The maximum atomic E-state index is 11.8. The van der Waals surface area contributed by atoms with E-state index in [0.717, 1.165) is 24.2 Å². The molecule has 0 unspecified atom stereocenters. The summed E-state index contributed by atoms with van der Waals surface area (Å²) >= 11 is 0. The molecule has 1 aliphatic carbocycles. The minimum Gasteiger partial charge on any atom is -0.497 e. The number of hydrogen-bond acceptors (Lipinski definition) is 5. The summed E-state index contributed by atoms with van der Waals surface area (Å²) < 4.78 is 15.7. The van der Waals surface area contributed by atoms with Crippen LogP contribution in [-0.2, 0) is 15.1 Å². The Morgan fingerprint density at radius 2 is 1.70 bits per heavy atom. The third-order valence-electron chi connectivity index (χ3n) is 5.37. The molecule has 0 heterocycles. The zero-order valence-electron chi connectivity index (χ0n) is 16.7. The quantitative estimate of drug-likeness (QED) is 0.440. The topological polar surface area (TPSA) is 65.0 Å². The van der Waals surface area contributed by atoms with Crippen molar-refractivity contribution >= 4 is 6.16 Å². The summed E-state index contributed by atoms with van der Waals surface area (Å²) in [6, 6.07) is 7.51. The van der Waals surface area contributed by atoms with Crippen LogP contribution in [0.25, 0.3) is 0 Å². The molecular formula is C22H34O5. The second-order valence-corrected chi connectivity index (χ2v) is 7.44. The third-order valence-corrected chi connectivity index (χ3v) is 5.37. The minimum atomic E-state index is -0.867. The summed E-state index contributed by atoms with van der Waals surface area (Å²) in [4.78, 5) is 11.8. The van der Waals surface area contributed by atoms with Gasteiger partial charge in [-0.3, -0.25) is 0 Å². The Morgan fingerprint density at radius 3 is 2.33 bits per heavy atom. The summed E-state index contributed by atoms with van der Waals surface area (Å²) in [5.74, 6) is 0.771. The van der Waals surface area contributed by atoms with Crippen molar-refractivity contribution in [2.24, 2.45) is 0 Å². The lowest BCUT2D eigenvalue weighted by Crippen LogP contribution is -2.35. The van der Waals surface area contributed by atoms with Gasteiger partial charge in [-0.2, -0.15) is 0 Å². The van der Waals surface area contributed by atoms with Gasteiger partial charge in [0.1, 0.15) is 11.9 Å². The van der Waals surface area contributed by atoms with Gasteiger partial charge in [0, 0.05) is 0 Å². The fourth-order valence-corrected chi connectivity index (χ4v) is 3.58. The molecule has 0 radical (unpaired) electrons. The molecule has 0 aromatic heterocycles. The van der Waals surface area contributed by atoms with Gasteiger partial charge in [-0.05, 0) is 49.8 Å². The van der Waals surface area contributed by atoms with E-state index in [4.69, 9.17) is 14.2 Å². The van der Waals surface area contributed by atoms with E-state index >= 15 is 0 Å². The zero-order valence-corrected chi connectivity index (χ0v) is 16.7. The number of hydrogen-bond donors (Lipinski definition) is 1. The monoisotopic (exact) mass is 378 g/mol. The van der Waals surface area contributed by atoms with Gasteiger partial charge in [-0.25, -0.2) is 4.79 Å². The highest BCUT2D eigenvalue weighted by molar-refractivity contribution is 5.60. The van der Waals surface area contributed by atoms with Crippen LogP contribution in [0, 0.1) is 0 Å². The van der Waals surface area contributed by atoms with Gasteiger partial charge in [0.15, 0.2) is 0 Å². The molecule has 0 aliphatic heterocycles. The van der Waals surface area contributed by atoms with E-state index in [2.05, 4.69) is 6.92 Å². The molecule has 0 spiro atoms. The fraction of sp³-hybridized carbons (Fsp3) is 0.682. The Balaban J connectivity index is 1.65. The average molecular weight is 379 g/mol. The van der Waals surface area contributed by atoms with Crippen LogP contribution in [0.1, 0.15) is 76.7 Å². The lowest BCUT2D eigenvalue weighted by molar-refractivity contribution is -0.0538. The van der Waals surface area contributed by atoms with Crippen LogP contribution in [0.4, 0.5) is 4.79 Å². The first-order valence-electron chi connectivity index (χ1n) is 10.3. The van der Waals surface area contributed by atoms with Gasteiger partial charge in [-0.15, -0.1) is 0 Å². The highest BCUT2D eigenvalue weighted by Crippen LogP contribution is 2.38. The van der Waals surface area contributed by atoms with E-state index in [9.17, 15) is 9.90 Å². The van der Waals surface area contributed by atoms with Gasteiger partial charge < -0.3 is 19.3 Å². The molecule has 1 aromatic rings. The number of ether oxygens (including phenoxy) is 3. The normalized spacial score (nSPS) is 22.3. The predicted molar refractivity (Wildman–Crippen MR) is 105 cm³/mol. The Bertz CT molecular complexity index is 546. The molecule has 1 aliphatic rings. The van der Waals surface area contributed by atoms with E-state index in [1.165, 1.54) is 25.7 Å². The maximum absolute atomic E-state index is 11.8. The van der Waals surface area contributed by atoms with Gasteiger partial charge in [0.2, 0.25) is 0 Å². The van der Waals surface area contributed by atoms with Crippen molar-refractivity contribution in [3.63, 3.8) is 0 Å². The summed E-state index contributed by atoms with van der Waals surface area (Å²) in [5, 5.41) is 10.9. The van der Waals surface area contributed by atoms with Gasteiger partial charge >= 0.3 is 6.16 Å². The largest absolute Gasteiger partial charge is 0.508 e. The van der Waals surface area contributed by atoms with Crippen LogP contribution in [0.2, 0.25) is 0 Å². The van der Waals surface area contributed by atoms with Crippen molar-refractivity contribution in [3.05, 3.63) is 29.8 Å². The molecule has 1 aromatic carbocycles. The molecule has 0 amide bonds. The van der Waals surface area contributed by atoms with Crippen LogP contribution in [-0.4, -0.2) is 31.1 Å². The smallest absolute Gasteiger partial charge is 0.497 e. The Labute approximate surface area is 163 Å². The van der Waals surface area contributed by atoms with E-state index in [-0.39, 0.29) is 6.10 Å². The van der Waals surface area contributed by atoms with E-state index < -0.39 is 11.8 Å². The molecule has 5 nitrogen and oxygen atoms in total. The van der Waals surface area contributed by atoms with Crippen LogP contribution in [0.5, 0.6) is 5.75 Å². The molecule has 27 heavy (non-hydrogen) atoms. The molecule has 1 fully saturated rings. The highest BCUT2D eigenvalue weighted by Gasteiger charge is 2.36. The highest BCUT2D eigenvalue weighted by atomic mass is 16.7. The predicted octanol–water partition coefficient (Wildman–Crippen LogP) is 5.34. The molecule has 0 atom stereocenters. The molecular weight excluding hydrogens is 344 g/mol. The fourth-order valence-electron chi connectivity index (χ4n) is 3.58. The number of aliphatic hydroxyl groups is 1. The first-order valence-corrected chi connectivity index (χ1v) is 10.3. The van der Waals surface area contributed by atoms with Crippen LogP contribution in [0.15, 0.2) is 24.3 Å². The third kappa shape index (κ3) is 7.06. The number of carbonyl (C=O) groups excluding carboxylic acids is 1. The molecule has 2 rings (SSSR count). The number of benzene rings is 1. The standard InChI is InChI=1S/C22H34O5/c1-3-4-5-6-7-8-17-26-21(23)27-20-13-15-22(24,16-14-20)18-9-11-19(25-2)12-10-18/h9-12,20,24H,3-8,13-17H2,1-2H3. The van der Waals surface area contributed by atoms with Crippen molar-refractivity contribution in [1.82, 2.24) is 0 Å². The van der Waals surface area contributed by atoms with E-state index in [1.54, 1.807) is 7.11 Å². The molecule has 5 heteroatoms. The van der Waals surface area contributed by atoms with Crippen molar-refractivity contribution in [3.8, 4) is 5.75 Å². The summed E-state index contributed by atoms with van der Waals surface area (Å²) in [6.45, 7) is 2.62. The summed E-state index contributed by atoms with van der Waals surface area (Å²) in [7, 11) is 1.62. The van der Waals surface area contributed by atoms with Crippen LogP contribution in [0.3, 0.4) is 0 Å². The maximum Gasteiger partial charge on any atom is 0.508 e. The van der Waals surface area contributed by atoms with Gasteiger partial charge in [0.25, 0.3) is 0 Å². The Kier molecular flexibility index (Phi) is 8.92. The molecule has 0 saturated heterocycles. The molecule has 152 valence electrons. The number of methoxy groups -OCH3 is 1. The van der Waals surface area contributed by atoms with Crippen LogP contribution >= 0.6 is 0 Å². The Morgan fingerprint density at radius 1 is 1.07 bits per heavy atom. The molecule has 1 N–H and O–H groups in total. The van der Waals surface area contributed by atoms with Crippen molar-refractivity contribution < 1.29 is 24.1 Å². The zero-order chi connectivity index (χ0) is 19.5. The lowest BCUT2D eigenvalue weighted by atomic mass is 9.78. The minimum absolute atomic E-state index is 0.180. The first kappa shape index (κ1) is 21.5. The van der Waals surface area contributed by atoms with Crippen LogP contribution < -0.4 is 4.74 Å². The second kappa shape index (κ2) is 11.2. The van der Waals surface area contributed by atoms with E-state index in [1.807, 2.05) is 24.3 Å². The number of carbonyl (C=O) groups is 1. The van der Waals surface area contributed by atoms with Gasteiger partial charge in [0.05, 0.1) is 19.3 Å². The average Bonchev–Trinajstić information content (AvgIpc) is 2.69. The molecule has 0 bridgehead atoms. The van der Waals surface area contributed by atoms with Crippen molar-refractivity contribution in [2.75, 3.05) is 13.7 Å². The summed E-state index contributed by atoms with van der Waals surface area (Å²) in [5.41, 5.74) is 0.0153. The van der Waals surface area contributed by atoms with Crippen molar-refractivity contribution in [2.45, 2.75) is 82.8 Å². The lowest BCUT2D eigenvalue weighted by Gasteiger charge is -2.36. The number of unbranched alkanes of at least 4 members (excludes halogenated alkanes) is 5. The number of rotatable bonds is 10. The van der Waals surface area contributed by atoms with Crippen molar-refractivity contribution in [1.29, 1.82) is 0 Å². The SMILES string of the molecule is CCCCCCCCOC(=O)OC1CCC(O)(c2ccc(OC)cc2)CC1. The molecule has 1 saturated carbocycles. The summed E-state index contributed by atoms with van der Waals surface area (Å²) in [6.07, 6.45) is 8.56. The second-order valence-electron chi connectivity index (χ2n) is 7.44. The van der Waals surface area contributed by atoms with E-state index in [0.29, 0.717) is 32.3 Å². The van der Waals surface area contributed by atoms with Gasteiger partial charge in [-0.1, -0.05) is 51.2 Å². The first-order chi connectivity index (χ1) is 13.1. The Hall–Kier alpha value is -1.75.